The van der Waals surface area contributed by atoms with Crippen LogP contribution in [0.5, 0.6) is 5.75 Å². The zero-order valence-electron chi connectivity index (χ0n) is 8.13. The first kappa shape index (κ1) is 11.1. The van der Waals surface area contributed by atoms with E-state index < -0.39 is 0 Å². The molecule has 14 heavy (non-hydrogen) atoms. The van der Waals surface area contributed by atoms with Gasteiger partial charge in [0.25, 0.3) is 0 Å². The second-order valence-corrected chi connectivity index (χ2v) is 3.43. The molecule has 1 rings (SSSR count). The molecule has 0 atom stereocenters. The van der Waals surface area contributed by atoms with Gasteiger partial charge in [0.05, 0.1) is 12.1 Å². The first-order valence-corrected chi connectivity index (χ1v) is 4.91. The Balaban J connectivity index is 2.61. The van der Waals surface area contributed by atoms with Gasteiger partial charge in [0.2, 0.25) is 0 Å². The van der Waals surface area contributed by atoms with Crippen molar-refractivity contribution in [2.24, 2.45) is 0 Å². The number of unbranched alkanes of at least 4 members (excludes halogenated alkanes) is 1. The number of hydrogen-bond acceptors (Lipinski definition) is 2. The third-order valence-electron chi connectivity index (χ3n) is 2.00. The van der Waals surface area contributed by atoms with E-state index in [-0.39, 0.29) is 0 Å². The number of rotatable bonds is 5. The minimum atomic E-state index is 0.601. The predicted molar refractivity (Wildman–Crippen MR) is 57.0 cm³/mol. The number of halogens is 1. The highest BCUT2D eigenvalue weighted by Gasteiger charge is 2.01. The van der Waals surface area contributed by atoms with Crippen molar-refractivity contribution in [2.75, 3.05) is 7.11 Å². The maximum atomic E-state index is 10.1. The molecule has 0 unspecified atom stereocenters. The Morgan fingerprint density at radius 3 is 2.86 bits per heavy atom. The van der Waals surface area contributed by atoms with E-state index in [1.807, 2.05) is 18.2 Å². The monoisotopic (exact) mass is 212 g/mol. The molecular weight excluding hydrogens is 200 g/mol. The molecule has 0 aromatic heterocycles. The van der Waals surface area contributed by atoms with Crippen LogP contribution in [0.4, 0.5) is 0 Å². The molecule has 0 N–H and O–H groups in total. The Labute approximate surface area is 88.8 Å². The van der Waals surface area contributed by atoms with E-state index in [4.69, 9.17) is 16.3 Å². The quantitative estimate of drug-likeness (QED) is 0.554. The smallest absolute Gasteiger partial charge is 0.137 e. The van der Waals surface area contributed by atoms with Crippen molar-refractivity contribution in [3.05, 3.63) is 28.8 Å². The topological polar surface area (TPSA) is 26.3 Å². The molecule has 1 aromatic rings. The van der Waals surface area contributed by atoms with E-state index in [0.29, 0.717) is 17.2 Å². The number of aldehydes is 1. The van der Waals surface area contributed by atoms with Gasteiger partial charge in [-0.1, -0.05) is 17.7 Å². The Kier molecular flexibility index (Phi) is 4.47. The number of carbonyl (C=O) groups excluding carboxylic acids is 1. The lowest BCUT2D eigenvalue weighted by Crippen LogP contribution is -1.89. The number of hydrogen-bond donors (Lipinski definition) is 0. The minimum Gasteiger partial charge on any atom is -0.495 e. The molecule has 0 amide bonds. The summed E-state index contributed by atoms with van der Waals surface area (Å²) < 4.78 is 5.04. The van der Waals surface area contributed by atoms with E-state index in [2.05, 4.69) is 0 Å². The SMILES string of the molecule is COc1ccc(CCCC=O)cc1Cl. The van der Waals surface area contributed by atoms with Gasteiger partial charge >= 0.3 is 0 Å². The molecule has 2 nitrogen and oxygen atoms in total. The molecule has 0 saturated carbocycles. The fraction of sp³-hybridized carbons (Fsp3) is 0.364. The van der Waals surface area contributed by atoms with E-state index in [1.165, 1.54) is 0 Å². The molecule has 0 aliphatic rings. The lowest BCUT2D eigenvalue weighted by molar-refractivity contribution is -0.107. The first-order valence-electron chi connectivity index (χ1n) is 4.54. The third kappa shape index (κ3) is 3.04. The van der Waals surface area contributed by atoms with E-state index >= 15 is 0 Å². The molecule has 0 bridgehead atoms. The maximum Gasteiger partial charge on any atom is 0.137 e. The molecule has 0 aliphatic heterocycles. The molecule has 0 aliphatic carbocycles. The Morgan fingerprint density at radius 2 is 2.29 bits per heavy atom. The van der Waals surface area contributed by atoms with Crippen LogP contribution < -0.4 is 4.74 Å². The summed E-state index contributed by atoms with van der Waals surface area (Å²) in [5, 5.41) is 0.621. The van der Waals surface area contributed by atoms with Crippen LogP contribution in [0.25, 0.3) is 0 Å². The summed E-state index contributed by atoms with van der Waals surface area (Å²) in [4.78, 5) is 10.1. The molecule has 0 radical (unpaired) electrons. The first-order chi connectivity index (χ1) is 6.77. The van der Waals surface area contributed by atoms with Gasteiger partial charge in [-0.3, -0.25) is 0 Å². The molecule has 0 saturated heterocycles. The van der Waals surface area contributed by atoms with Gasteiger partial charge in [-0.25, -0.2) is 0 Å². The van der Waals surface area contributed by atoms with Crippen LogP contribution >= 0.6 is 11.6 Å². The molecule has 1 aromatic carbocycles. The van der Waals surface area contributed by atoms with E-state index in [1.54, 1.807) is 7.11 Å². The third-order valence-corrected chi connectivity index (χ3v) is 2.30. The Bertz CT molecular complexity index is 310. The fourth-order valence-electron chi connectivity index (χ4n) is 1.25. The number of aryl methyl sites for hydroxylation is 1. The lowest BCUT2D eigenvalue weighted by atomic mass is 10.1. The lowest BCUT2D eigenvalue weighted by Gasteiger charge is -2.05. The minimum absolute atomic E-state index is 0.601. The highest BCUT2D eigenvalue weighted by atomic mass is 35.5. The summed E-state index contributed by atoms with van der Waals surface area (Å²) >= 11 is 5.95. The van der Waals surface area contributed by atoms with Crippen LogP contribution in [-0.4, -0.2) is 13.4 Å². The molecule has 0 fully saturated rings. The van der Waals surface area contributed by atoms with Crippen molar-refractivity contribution < 1.29 is 9.53 Å². The van der Waals surface area contributed by atoms with Gasteiger partial charge in [-0.15, -0.1) is 0 Å². The van der Waals surface area contributed by atoms with Gasteiger partial charge in [0.1, 0.15) is 12.0 Å². The van der Waals surface area contributed by atoms with Crippen LogP contribution in [0.3, 0.4) is 0 Å². The van der Waals surface area contributed by atoms with Gasteiger partial charge < -0.3 is 9.53 Å². The maximum absolute atomic E-state index is 10.1. The summed E-state index contributed by atoms with van der Waals surface area (Å²) in [5.41, 5.74) is 1.14. The van der Waals surface area contributed by atoms with Crippen LogP contribution in [0, 0.1) is 0 Å². The fourth-order valence-corrected chi connectivity index (χ4v) is 1.54. The van der Waals surface area contributed by atoms with Crippen molar-refractivity contribution in [2.45, 2.75) is 19.3 Å². The van der Waals surface area contributed by atoms with Crippen molar-refractivity contribution in [1.29, 1.82) is 0 Å². The second-order valence-electron chi connectivity index (χ2n) is 3.03. The summed E-state index contributed by atoms with van der Waals surface area (Å²) in [6.07, 6.45) is 3.28. The Hall–Kier alpha value is -1.02. The van der Waals surface area contributed by atoms with Gasteiger partial charge in [0, 0.05) is 6.42 Å². The van der Waals surface area contributed by atoms with Crippen LogP contribution in [0.15, 0.2) is 18.2 Å². The van der Waals surface area contributed by atoms with Gasteiger partial charge in [-0.2, -0.15) is 0 Å². The zero-order chi connectivity index (χ0) is 10.4. The standard InChI is InChI=1S/C11H13ClO2/c1-14-11-6-5-9(8-10(11)12)4-2-3-7-13/h5-8H,2-4H2,1H3. The van der Waals surface area contributed by atoms with Gasteiger partial charge in [0.15, 0.2) is 0 Å². The number of benzene rings is 1. The molecule has 3 heteroatoms. The van der Waals surface area contributed by atoms with Crippen molar-refractivity contribution >= 4 is 17.9 Å². The summed E-state index contributed by atoms with van der Waals surface area (Å²) in [5.74, 6) is 0.686. The summed E-state index contributed by atoms with van der Waals surface area (Å²) in [6.45, 7) is 0. The number of ether oxygens (including phenoxy) is 1. The van der Waals surface area contributed by atoms with Crippen LogP contribution in [0.2, 0.25) is 5.02 Å². The largest absolute Gasteiger partial charge is 0.495 e. The van der Waals surface area contributed by atoms with Crippen molar-refractivity contribution in [3.8, 4) is 5.75 Å². The van der Waals surface area contributed by atoms with Crippen LogP contribution in [-0.2, 0) is 11.2 Å². The second kappa shape index (κ2) is 5.66. The molecule has 76 valence electrons. The average molecular weight is 213 g/mol. The predicted octanol–water partition coefficient (Wildman–Crippen LogP) is 2.87. The summed E-state index contributed by atoms with van der Waals surface area (Å²) in [7, 11) is 1.59. The van der Waals surface area contributed by atoms with Crippen molar-refractivity contribution in [3.63, 3.8) is 0 Å². The average Bonchev–Trinajstić information content (AvgIpc) is 2.18. The zero-order valence-corrected chi connectivity index (χ0v) is 8.88. The van der Waals surface area contributed by atoms with E-state index in [9.17, 15) is 4.79 Å². The summed E-state index contributed by atoms with van der Waals surface area (Å²) in [6, 6.07) is 5.69. The molecule has 0 spiro atoms. The molecular formula is C11H13ClO2. The normalized spacial score (nSPS) is 9.86. The molecule has 0 heterocycles. The number of carbonyl (C=O) groups is 1. The highest BCUT2D eigenvalue weighted by Crippen LogP contribution is 2.25. The van der Waals surface area contributed by atoms with E-state index in [0.717, 1.165) is 24.7 Å². The Morgan fingerprint density at radius 1 is 1.50 bits per heavy atom. The highest BCUT2D eigenvalue weighted by molar-refractivity contribution is 6.32. The van der Waals surface area contributed by atoms with Crippen LogP contribution in [0.1, 0.15) is 18.4 Å². The van der Waals surface area contributed by atoms with Crippen molar-refractivity contribution in [1.82, 2.24) is 0 Å². The van der Waals surface area contributed by atoms with Gasteiger partial charge in [-0.05, 0) is 30.5 Å². The number of methoxy groups -OCH3 is 1.